The highest BCUT2D eigenvalue weighted by Crippen LogP contribution is 2.55. The molecule has 0 amide bonds. The number of halogens is 2. The number of hydrogen-bond donors (Lipinski definition) is 0. The second-order valence-electron chi connectivity index (χ2n) is 9.13. The normalized spacial score (nSPS) is 12.1. The molecular formula is C34H29BrClN2P. The van der Waals surface area contributed by atoms with Crippen LogP contribution in [0.15, 0.2) is 156 Å². The molecule has 0 aliphatic carbocycles. The van der Waals surface area contributed by atoms with Gasteiger partial charge < -0.3 is 17.0 Å². The van der Waals surface area contributed by atoms with Gasteiger partial charge in [0.25, 0.3) is 0 Å². The van der Waals surface area contributed by atoms with Crippen LogP contribution in [-0.4, -0.2) is 17.6 Å². The third-order valence-corrected chi connectivity index (χ3v) is 11.3. The van der Waals surface area contributed by atoms with Gasteiger partial charge in [-0.1, -0.05) is 109 Å². The summed E-state index contributed by atoms with van der Waals surface area (Å²) in [5.41, 5.74) is 3.80. The maximum absolute atomic E-state index is 6.17. The summed E-state index contributed by atoms with van der Waals surface area (Å²) in [4.78, 5) is 0. The average molecular weight is 612 g/mol. The molecule has 39 heavy (non-hydrogen) atoms. The van der Waals surface area contributed by atoms with Crippen LogP contribution in [0.25, 0.3) is 0 Å². The Kier molecular flexibility index (Phi) is 10.0. The molecule has 0 saturated heterocycles. The van der Waals surface area contributed by atoms with Gasteiger partial charge in [0.2, 0.25) is 0 Å². The summed E-state index contributed by atoms with van der Waals surface area (Å²) in [5, 5.41) is 14.4. The number of nitrogens with zero attached hydrogens (tertiary/aromatic N) is 2. The highest BCUT2D eigenvalue weighted by Gasteiger charge is 2.45. The predicted molar refractivity (Wildman–Crippen MR) is 167 cm³/mol. The van der Waals surface area contributed by atoms with Crippen LogP contribution in [0.5, 0.6) is 0 Å². The van der Waals surface area contributed by atoms with Gasteiger partial charge in [0, 0.05) is 16.1 Å². The Balaban J connectivity index is 0.00000353. The lowest BCUT2D eigenvalue weighted by Crippen LogP contribution is -3.00. The summed E-state index contributed by atoms with van der Waals surface area (Å²) in [7, 11) is -2.04. The molecule has 0 aliphatic heterocycles. The third kappa shape index (κ3) is 6.62. The van der Waals surface area contributed by atoms with Crippen molar-refractivity contribution in [1.82, 2.24) is 0 Å². The van der Waals surface area contributed by atoms with E-state index in [9.17, 15) is 0 Å². The topological polar surface area (TPSA) is 24.7 Å². The molecule has 0 aromatic heterocycles. The summed E-state index contributed by atoms with van der Waals surface area (Å²) in [5.74, 6) is 0. The lowest BCUT2D eigenvalue weighted by atomic mass is 10.0. The Morgan fingerprint density at radius 3 is 1.36 bits per heavy atom. The van der Waals surface area contributed by atoms with Crippen molar-refractivity contribution in [2.45, 2.75) is 6.92 Å². The fraction of sp³-hybridized carbons (Fsp3) is 0.0588. The summed E-state index contributed by atoms with van der Waals surface area (Å²) in [6, 6.07) is 50.5. The molecule has 0 radical (unpaired) electrons. The van der Waals surface area contributed by atoms with Crippen LogP contribution in [0, 0.1) is 0 Å². The smallest absolute Gasteiger partial charge is 0.117 e. The zero-order valence-electron chi connectivity index (χ0n) is 21.7. The summed E-state index contributed by atoms with van der Waals surface area (Å²) >= 11 is 6.17. The molecule has 0 fully saturated rings. The quantitative estimate of drug-likeness (QED) is 0.140. The largest absolute Gasteiger partial charge is 1.00 e. The van der Waals surface area contributed by atoms with E-state index in [1.165, 1.54) is 15.9 Å². The van der Waals surface area contributed by atoms with Crippen LogP contribution in [0.1, 0.15) is 18.1 Å². The number of rotatable bonds is 8. The van der Waals surface area contributed by atoms with E-state index >= 15 is 0 Å². The molecule has 2 nitrogen and oxygen atoms in total. The Labute approximate surface area is 247 Å². The molecule has 0 N–H and O–H groups in total. The molecule has 5 aromatic rings. The monoisotopic (exact) mass is 610 g/mol. The second kappa shape index (κ2) is 13.6. The summed E-state index contributed by atoms with van der Waals surface area (Å²) in [6.45, 7) is 2.09. The van der Waals surface area contributed by atoms with Crippen molar-refractivity contribution < 1.29 is 17.0 Å². The van der Waals surface area contributed by atoms with Gasteiger partial charge in [-0.05, 0) is 55.5 Å². The van der Waals surface area contributed by atoms with Gasteiger partial charge >= 0.3 is 0 Å². The minimum absolute atomic E-state index is 0. The molecule has 5 rings (SSSR count). The SMILES string of the molecule is C/C(C[P+](c1ccccc1)(c1ccccc1)c1ccccc1)=N\N=C(c1ccccc1)c1ccc(Cl)cc1.[Br-]. The van der Waals surface area contributed by atoms with Gasteiger partial charge in [-0.2, -0.15) is 5.10 Å². The number of benzene rings is 5. The Morgan fingerprint density at radius 1 is 0.538 bits per heavy atom. The minimum Gasteiger partial charge on any atom is -1.00 e. The van der Waals surface area contributed by atoms with Gasteiger partial charge in [0.15, 0.2) is 0 Å². The Bertz CT molecular complexity index is 1430. The van der Waals surface area contributed by atoms with Crippen LogP contribution in [0.3, 0.4) is 0 Å². The van der Waals surface area contributed by atoms with Crippen LogP contribution in [0.2, 0.25) is 5.02 Å². The molecular weight excluding hydrogens is 583 g/mol. The van der Waals surface area contributed by atoms with E-state index in [1.807, 2.05) is 42.5 Å². The van der Waals surface area contributed by atoms with E-state index in [4.69, 9.17) is 21.8 Å². The van der Waals surface area contributed by atoms with E-state index in [1.54, 1.807) is 0 Å². The zero-order chi connectivity index (χ0) is 26.2. The molecule has 0 aliphatic rings. The van der Waals surface area contributed by atoms with Gasteiger partial charge in [-0.15, -0.1) is 5.10 Å². The molecule has 5 aromatic carbocycles. The van der Waals surface area contributed by atoms with Crippen molar-refractivity contribution in [3.8, 4) is 0 Å². The Morgan fingerprint density at radius 2 is 0.923 bits per heavy atom. The van der Waals surface area contributed by atoms with E-state index in [2.05, 4.69) is 110 Å². The van der Waals surface area contributed by atoms with E-state index < -0.39 is 7.26 Å². The predicted octanol–water partition coefficient (Wildman–Crippen LogP) is 4.55. The van der Waals surface area contributed by atoms with Crippen LogP contribution >= 0.6 is 18.9 Å². The van der Waals surface area contributed by atoms with E-state index in [0.29, 0.717) is 5.02 Å². The van der Waals surface area contributed by atoms with E-state index in [-0.39, 0.29) is 17.0 Å². The van der Waals surface area contributed by atoms with Crippen molar-refractivity contribution >= 4 is 46.2 Å². The maximum Gasteiger partial charge on any atom is 0.117 e. The molecule has 0 spiro atoms. The van der Waals surface area contributed by atoms with Crippen molar-refractivity contribution in [1.29, 1.82) is 0 Å². The highest BCUT2D eigenvalue weighted by molar-refractivity contribution is 7.96. The lowest BCUT2D eigenvalue weighted by molar-refractivity contribution is -0.00000739. The average Bonchev–Trinajstić information content (AvgIpc) is 2.99. The molecule has 0 atom stereocenters. The van der Waals surface area contributed by atoms with Crippen LogP contribution < -0.4 is 32.9 Å². The zero-order valence-corrected chi connectivity index (χ0v) is 24.9. The van der Waals surface area contributed by atoms with Crippen molar-refractivity contribution in [2.24, 2.45) is 10.2 Å². The molecule has 0 unspecified atom stereocenters. The fourth-order valence-corrected chi connectivity index (χ4v) is 9.13. The van der Waals surface area contributed by atoms with Gasteiger partial charge in [-0.3, -0.25) is 0 Å². The summed E-state index contributed by atoms with van der Waals surface area (Å²) < 4.78 is 0. The van der Waals surface area contributed by atoms with Crippen molar-refractivity contribution in [3.05, 3.63) is 162 Å². The van der Waals surface area contributed by atoms with Gasteiger partial charge in [0.1, 0.15) is 35.0 Å². The highest BCUT2D eigenvalue weighted by atomic mass is 79.9. The Hall–Kier alpha value is -3.36. The van der Waals surface area contributed by atoms with Gasteiger partial charge in [-0.25, -0.2) is 0 Å². The standard InChI is InChI=1S/C34H29ClN2P.BrH/c1-27(36-37-34(28-14-6-2-7-15-28)29-22-24-30(35)25-23-29)26-38(31-16-8-3-9-17-31,32-18-10-4-11-19-32)33-20-12-5-13-21-33;/h2-25H,26H2,1H3;1H/q+1;/p-1/b36-27+,37-34?;. The first-order valence-corrected chi connectivity index (χ1v) is 15.0. The third-order valence-electron chi connectivity index (χ3n) is 6.54. The van der Waals surface area contributed by atoms with E-state index in [0.717, 1.165) is 28.7 Å². The summed E-state index contributed by atoms with van der Waals surface area (Å²) in [6.07, 6.45) is 0.789. The molecule has 5 heteroatoms. The molecule has 0 bridgehead atoms. The molecule has 0 saturated carbocycles. The first-order chi connectivity index (χ1) is 18.7. The first-order valence-electron chi connectivity index (χ1n) is 12.6. The molecule has 0 heterocycles. The lowest BCUT2D eigenvalue weighted by Gasteiger charge is -2.27. The van der Waals surface area contributed by atoms with Crippen molar-refractivity contribution in [3.63, 3.8) is 0 Å². The van der Waals surface area contributed by atoms with Crippen molar-refractivity contribution in [2.75, 3.05) is 6.16 Å². The maximum atomic E-state index is 6.17. The fourth-order valence-electron chi connectivity index (χ4n) is 4.76. The minimum atomic E-state index is -2.04. The van der Waals surface area contributed by atoms with Crippen LogP contribution in [-0.2, 0) is 0 Å². The number of hydrogen-bond acceptors (Lipinski definition) is 2. The van der Waals surface area contributed by atoms with Gasteiger partial charge in [0.05, 0.1) is 5.71 Å². The second-order valence-corrected chi connectivity index (χ2v) is 13.1. The molecule has 194 valence electrons. The van der Waals surface area contributed by atoms with Crippen LogP contribution in [0.4, 0.5) is 0 Å². The first kappa shape index (κ1) is 28.6.